The maximum atomic E-state index is 11.9. The Kier molecular flexibility index (Phi) is 12.4. The molecule has 2 aromatic carbocycles. The van der Waals surface area contributed by atoms with Gasteiger partial charge in [0.05, 0.1) is 31.8 Å². The first-order chi connectivity index (χ1) is 28.2. The van der Waals surface area contributed by atoms with Gasteiger partial charge in [0, 0.05) is 72.5 Å². The molecular weight excluding hydrogens is 799 g/mol. The van der Waals surface area contributed by atoms with Crippen LogP contribution in [0.5, 0.6) is 0 Å². The number of pyridine rings is 2. The van der Waals surface area contributed by atoms with Gasteiger partial charge in [-0.2, -0.15) is 0 Å². The molecule has 58 heavy (non-hydrogen) atoms. The number of nitrogens with one attached hydrogen (secondary N) is 4. The quantitative estimate of drug-likeness (QED) is 0.0702. The van der Waals surface area contributed by atoms with Crippen molar-refractivity contribution in [2.75, 3.05) is 23.7 Å². The van der Waals surface area contributed by atoms with Crippen molar-refractivity contribution in [3.8, 4) is 44.8 Å². The third kappa shape index (κ3) is 9.36. The molecule has 0 atom stereocenters. The second-order valence-electron chi connectivity index (χ2n) is 12.1. The highest BCUT2D eigenvalue weighted by atomic mass is 35.5. The van der Waals surface area contributed by atoms with Crippen LogP contribution in [0.1, 0.15) is 13.8 Å². The Bertz CT molecular complexity index is 2690. The first kappa shape index (κ1) is 39.7. The van der Waals surface area contributed by atoms with Crippen molar-refractivity contribution in [1.29, 1.82) is 0 Å². The van der Waals surface area contributed by atoms with Crippen LogP contribution in [0.3, 0.4) is 0 Å². The lowest BCUT2D eigenvalue weighted by atomic mass is 9.90. The summed E-state index contributed by atoms with van der Waals surface area (Å²) in [5, 5.41) is 30.5. The van der Waals surface area contributed by atoms with Crippen LogP contribution in [0, 0.1) is 0 Å². The zero-order valence-electron chi connectivity index (χ0n) is 30.7. The molecule has 290 valence electrons. The normalized spacial score (nSPS) is 10.8. The van der Waals surface area contributed by atoms with Crippen LogP contribution in [-0.4, -0.2) is 82.2 Å². The van der Waals surface area contributed by atoms with Crippen molar-refractivity contribution in [2.24, 2.45) is 0 Å². The minimum Gasteiger partial charge on any atom is -0.421 e. The SMILES string of the molecule is CCNC(=O)Nc1nc2cc(-c3cnc(B(O)O)nc3)cc(-c3ccccn3)c2s1.CCNC(=O)Nc1nc2cc(-c3cnc(Cl)nc3)cc(-c3ccccn3)c2s1. The summed E-state index contributed by atoms with van der Waals surface area (Å²) >= 11 is 8.58. The average Bonchev–Trinajstić information content (AvgIpc) is 3.84. The van der Waals surface area contributed by atoms with Crippen LogP contribution in [0.2, 0.25) is 5.28 Å². The maximum Gasteiger partial charge on any atom is 0.528 e. The fourth-order valence-electron chi connectivity index (χ4n) is 5.62. The third-order valence-corrected chi connectivity index (χ3v) is 10.4. The number of amides is 4. The predicted molar refractivity (Wildman–Crippen MR) is 228 cm³/mol. The lowest BCUT2D eigenvalue weighted by Gasteiger charge is -2.07. The molecule has 6 N–H and O–H groups in total. The van der Waals surface area contributed by atoms with Crippen molar-refractivity contribution >= 4 is 89.9 Å². The molecule has 4 amide bonds. The summed E-state index contributed by atoms with van der Waals surface area (Å²) in [6.07, 6.45) is 9.83. The minimum absolute atomic E-state index is 0.0770. The van der Waals surface area contributed by atoms with E-state index in [1.165, 1.54) is 35.1 Å². The number of hydrogen-bond acceptors (Lipinski definition) is 14. The fourth-order valence-corrected chi connectivity index (χ4v) is 7.64. The number of anilines is 2. The van der Waals surface area contributed by atoms with Gasteiger partial charge in [-0.1, -0.05) is 34.8 Å². The maximum absolute atomic E-state index is 11.9. The number of fused-ring (bicyclic) bond motifs is 2. The molecule has 16 nitrogen and oxygen atoms in total. The molecule has 0 aliphatic heterocycles. The Morgan fingerprint density at radius 1 is 0.638 bits per heavy atom. The first-order valence-electron chi connectivity index (χ1n) is 17.7. The number of hydrogen-bond donors (Lipinski definition) is 6. The van der Waals surface area contributed by atoms with Crippen molar-refractivity contribution in [2.45, 2.75) is 13.8 Å². The van der Waals surface area contributed by atoms with Gasteiger partial charge in [0.2, 0.25) is 5.28 Å². The first-order valence-corrected chi connectivity index (χ1v) is 19.7. The fraction of sp³-hybridized carbons (Fsp3) is 0.105. The Labute approximate surface area is 344 Å². The number of carbonyl (C=O) groups is 2. The van der Waals surface area contributed by atoms with Gasteiger partial charge in [0.15, 0.2) is 16.0 Å². The van der Waals surface area contributed by atoms with Gasteiger partial charge in [-0.15, -0.1) is 0 Å². The van der Waals surface area contributed by atoms with E-state index >= 15 is 0 Å². The monoisotopic (exact) mass is 830 g/mol. The van der Waals surface area contributed by atoms with Crippen molar-refractivity contribution in [1.82, 2.24) is 50.5 Å². The average molecular weight is 831 g/mol. The number of urea groups is 2. The lowest BCUT2D eigenvalue weighted by molar-refractivity contribution is 0.251. The van der Waals surface area contributed by atoms with E-state index in [0.717, 1.165) is 54.1 Å². The minimum atomic E-state index is -1.73. The highest BCUT2D eigenvalue weighted by Crippen LogP contribution is 2.39. The van der Waals surface area contributed by atoms with Gasteiger partial charge in [0.25, 0.3) is 0 Å². The molecule has 0 aliphatic carbocycles. The van der Waals surface area contributed by atoms with E-state index in [2.05, 4.69) is 61.1 Å². The molecule has 0 fully saturated rings. The topological polar surface area (TPSA) is 226 Å². The Morgan fingerprint density at radius 2 is 1.09 bits per heavy atom. The number of thiazole rings is 2. The summed E-state index contributed by atoms with van der Waals surface area (Å²) in [4.78, 5) is 57.9. The summed E-state index contributed by atoms with van der Waals surface area (Å²) < 4.78 is 1.82. The molecule has 6 heterocycles. The van der Waals surface area contributed by atoms with Gasteiger partial charge in [-0.25, -0.2) is 39.5 Å². The molecule has 0 aliphatic rings. The molecule has 6 aromatic heterocycles. The second-order valence-corrected chi connectivity index (χ2v) is 14.5. The highest BCUT2D eigenvalue weighted by molar-refractivity contribution is 7.23. The Morgan fingerprint density at radius 3 is 1.48 bits per heavy atom. The number of aromatic nitrogens is 8. The lowest BCUT2D eigenvalue weighted by Crippen LogP contribution is -2.35. The molecular formula is C38H32BClN12O4S2. The van der Waals surface area contributed by atoms with Crippen molar-refractivity contribution in [3.05, 3.63) is 103 Å². The van der Waals surface area contributed by atoms with Crippen LogP contribution in [0.15, 0.2) is 97.8 Å². The van der Waals surface area contributed by atoms with Crippen LogP contribution >= 0.6 is 34.3 Å². The van der Waals surface area contributed by atoms with E-state index in [1.807, 2.05) is 74.5 Å². The standard InChI is InChI=1S/C19H17BN6O3S.C19H15ClN6OS/c1-2-21-18(27)26-19-25-15-8-11(12-9-23-17(20(28)29)24-10-12)7-13(16(15)30-19)14-5-3-4-6-22-14;1-2-21-18(27)26-19-25-15-8-11(12-9-23-17(20)24-10-12)7-13(16(15)28-19)14-5-3-4-6-22-14/h3-10,28-29H,2H2,1H3,(H2,21,25,26,27);3-10H,2H2,1H3,(H2,21,25,26,27). The largest absolute Gasteiger partial charge is 0.528 e. The van der Waals surface area contributed by atoms with Gasteiger partial charge in [0.1, 0.15) is 0 Å². The molecule has 0 bridgehead atoms. The smallest absolute Gasteiger partial charge is 0.421 e. The number of benzene rings is 2. The van der Waals surface area contributed by atoms with E-state index in [1.54, 1.807) is 24.8 Å². The van der Waals surface area contributed by atoms with E-state index < -0.39 is 7.12 Å². The van der Waals surface area contributed by atoms with Crippen LogP contribution in [0.25, 0.3) is 65.2 Å². The predicted octanol–water partition coefficient (Wildman–Crippen LogP) is 6.25. The number of halogens is 1. The Balaban J connectivity index is 0.000000177. The molecule has 8 aromatic rings. The van der Waals surface area contributed by atoms with Crippen LogP contribution in [-0.2, 0) is 0 Å². The summed E-state index contributed by atoms with van der Waals surface area (Å²) in [5.41, 5.74) is 7.91. The van der Waals surface area contributed by atoms with Crippen LogP contribution in [0.4, 0.5) is 19.9 Å². The molecule has 0 radical (unpaired) electrons. The summed E-state index contributed by atoms with van der Waals surface area (Å²) in [6, 6.07) is 18.6. The van der Waals surface area contributed by atoms with Gasteiger partial charge in [-0.05, 0) is 85.1 Å². The van der Waals surface area contributed by atoms with E-state index in [0.29, 0.717) is 34.4 Å². The number of nitrogens with zero attached hydrogens (tertiary/aromatic N) is 8. The summed E-state index contributed by atoms with van der Waals surface area (Å²) in [6.45, 7) is 4.75. The molecule has 20 heteroatoms. The van der Waals surface area contributed by atoms with Crippen molar-refractivity contribution < 1.29 is 19.6 Å². The number of rotatable bonds is 9. The van der Waals surface area contributed by atoms with E-state index in [9.17, 15) is 19.6 Å². The summed E-state index contributed by atoms with van der Waals surface area (Å²) in [7, 11) is -1.73. The zero-order valence-corrected chi connectivity index (χ0v) is 33.1. The zero-order chi connectivity index (χ0) is 40.6. The second kappa shape index (κ2) is 18.2. The Hall–Kier alpha value is -6.51. The third-order valence-electron chi connectivity index (χ3n) is 8.17. The molecule has 0 unspecified atom stereocenters. The molecule has 0 saturated heterocycles. The molecule has 8 rings (SSSR count). The van der Waals surface area contributed by atoms with Gasteiger partial charge < -0.3 is 20.7 Å². The molecule has 0 saturated carbocycles. The highest BCUT2D eigenvalue weighted by Gasteiger charge is 2.18. The van der Waals surface area contributed by atoms with Crippen LogP contribution < -0.4 is 27.0 Å². The molecule has 0 spiro atoms. The van der Waals surface area contributed by atoms with Crippen molar-refractivity contribution in [3.63, 3.8) is 0 Å². The number of carbonyl (C=O) groups excluding carboxylic acids is 2. The summed E-state index contributed by atoms with van der Waals surface area (Å²) in [5.74, 6) is 0. The van der Waals surface area contributed by atoms with Gasteiger partial charge >= 0.3 is 19.2 Å². The van der Waals surface area contributed by atoms with Gasteiger partial charge in [-0.3, -0.25) is 20.6 Å². The van der Waals surface area contributed by atoms with E-state index in [4.69, 9.17) is 11.6 Å². The van der Waals surface area contributed by atoms with E-state index in [-0.39, 0.29) is 23.1 Å².